The van der Waals surface area contributed by atoms with Crippen LogP contribution in [0.4, 0.5) is 15.8 Å². The third kappa shape index (κ3) is 10.9. The van der Waals surface area contributed by atoms with Gasteiger partial charge in [0.15, 0.2) is 5.60 Å². The summed E-state index contributed by atoms with van der Waals surface area (Å²) < 4.78 is 15.4. The van der Waals surface area contributed by atoms with Gasteiger partial charge in [-0.25, -0.2) is 9.18 Å². The highest BCUT2D eigenvalue weighted by molar-refractivity contribution is 6.08. The van der Waals surface area contributed by atoms with Crippen molar-refractivity contribution in [3.05, 3.63) is 114 Å². The number of aromatic nitrogens is 1. The predicted molar refractivity (Wildman–Crippen MR) is 202 cm³/mol. The van der Waals surface area contributed by atoms with Crippen LogP contribution in [-0.4, -0.2) is 110 Å². The van der Waals surface area contributed by atoms with Crippen LogP contribution in [0.1, 0.15) is 48.7 Å². The van der Waals surface area contributed by atoms with Crippen molar-refractivity contribution < 1.29 is 48.8 Å². The number of anilines is 2. The van der Waals surface area contributed by atoms with E-state index in [2.05, 4.69) is 15.2 Å². The first-order valence-corrected chi connectivity index (χ1v) is 17.6. The lowest BCUT2D eigenvalue weighted by Gasteiger charge is -2.41. The lowest BCUT2D eigenvalue weighted by Crippen LogP contribution is -2.51. The number of nitrogens with zero attached hydrogens (tertiary/aromatic N) is 4. The summed E-state index contributed by atoms with van der Waals surface area (Å²) in [6, 6.07) is 25.3. The Labute approximate surface area is 317 Å². The molecular weight excluding hydrogens is 713 g/mol. The van der Waals surface area contributed by atoms with E-state index in [0.717, 1.165) is 16.7 Å². The molecular formula is C40H44FN5O9. The SMILES string of the molecule is CCN(CC)C(=O)C(c1ccccc1)N1CCN(c2ccc(NC(=O)c3ccccc3-c3cccnc3)cc2F)CC1.O=C(O)CC(O)(CC(=O)O)C(=O)O. The van der Waals surface area contributed by atoms with E-state index in [0.29, 0.717) is 56.2 Å². The molecule has 1 saturated heterocycles. The lowest BCUT2D eigenvalue weighted by atomic mass is 9.96. The van der Waals surface area contributed by atoms with Crippen molar-refractivity contribution in [3.63, 3.8) is 0 Å². The van der Waals surface area contributed by atoms with Gasteiger partial charge in [-0.2, -0.15) is 0 Å². The Bertz CT molecular complexity index is 1940. The van der Waals surface area contributed by atoms with Crippen LogP contribution in [-0.2, 0) is 19.2 Å². The minimum Gasteiger partial charge on any atom is -0.481 e. The van der Waals surface area contributed by atoms with Gasteiger partial charge < -0.3 is 35.5 Å². The molecule has 5 rings (SSSR count). The summed E-state index contributed by atoms with van der Waals surface area (Å²) in [5, 5.41) is 36.7. The molecule has 290 valence electrons. The molecule has 2 heterocycles. The summed E-state index contributed by atoms with van der Waals surface area (Å²) in [5.41, 5.74) is 1.17. The molecule has 14 nitrogen and oxygen atoms in total. The summed E-state index contributed by atoms with van der Waals surface area (Å²) in [6.45, 7) is 7.70. The molecule has 0 aliphatic carbocycles. The predicted octanol–water partition coefficient (Wildman–Crippen LogP) is 4.62. The van der Waals surface area contributed by atoms with Gasteiger partial charge in [0.25, 0.3) is 5.91 Å². The van der Waals surface area contributed by atoms with E-state index in [4.69, 9.17) is 20.4 Å². The Balaban J connectivity index is 0.000000444. The van der Waals surface area contributed by atoms with Crippen molar-refractivity contribution in [1.29, 1.82) is 0 Å². The summed E-state index contributed by atoms with van der Waals surface area (Å²) >= 11 is 0. The highest BCUT2D eigenvalue weighted by Gasteiger charge is 2.41. The second kappa shape index (κ2) is 19.2. The first-order chi connectivity index (χ1) is 26.3. The maximum atomic E-state index is 15.4. The van der Waals surface area contributed by atoms with Crippen molar-refractivity contribution in [2.75, 3.05) is 49.5 Å². The summed E-state index contributed by atoms with van der Waals surface area (Å²) in [6.07, 6.45) is 1.11. The molecule has 3 aromatic carbocycles. The molecule has 1 fully saturated rings. The lowest BCUT2D eigenvalue weighted by molar-refractivity contribution is -0.170. The van der Waals surface area contributed by atoms with Crippen molar-refractivity contribution in [1.82, 2.24) is 14.8 Å². The van der Waals surface area contributed by atoms with E-state index in [1.807, 2.05) is 78.2 Å². The number of piperazine rings is 1. The first-order valence-electron chi connectivity index (χ1n) is 17.6. The van der Waals surface area contributed by atoms with E-state index in [9.17, 15) is 24.0 Å². The number of benzene rings is 3. The molecule has 1 aliphatic rings. The number of carboxylic acid groups (broad SMARTS) is 3. The van der Waals surface area contributed by atoms with Crippen molar-refractivity contribution in [2.24, 2.45) is 0 Å². The number of amides is 2. The Morgan fingerprint density at radius 3 is 2.00 bits per heavy atom. The zero-order chi connectivity index (χ0) is 40.1. The third-order valence-electron chi connectivity index (χ3n) is 9.08. The summed E-state index contributed by atoms with van der Waals surface area (Å²) in [7, 11) is 0. The standard InChI is InChI=1S/C34H36FN5O2.C6H8O7/c1-3-38(4-2)34(42)32(25-11-6-5-7-12-25)40-21-19-39(20-22-40)31-17-16-27(23-30(31)35)37-33(41)29-15-9-8-14-28(29)26-13-10-18-36-24-26;7-3(8)1-6(13,5(11)12)2-4(9)10/h5-18,23-24,32H,3-4,19-22H2,1-2H3,(H,37,41);13H,1-2H2,(H,7,8)(H,9,10)(H,11,12). The second-order valence-corrected chi connectivity index (χ2v) is 12.7. The Kier molecular flexibility index (Phi) is 14.5. The molecule has 0 spiro atoms. The Morgan fingerprint density at radius 2 is 1.45 bits per heavy atom. The van der Waals surface area contributed by atoms with Crippen LogP contribution in [0.5, 0.6) is 0 Å². The largest absolute Gasteiger partial charge is 0.481 e. The zero-order valence-corrected chi connectivity index (χ0v) is 30.5. The van der Waals surface area contributed by atoms with Crippen LogP contribution in [0.25, 0.3) is 11.1 Å². The van der Waals surface area contributed by atoms with E-state index in [-0.39, 0.29) is 17.9 Å². The average Bonchev–Trinajstić information content (AvgIpc) is 3.16. The fraction of sp³-hybridized carbons (Fsp3) is 0.300. The monoisotopic (exact) mass is 757 g/mol. The van der Waals surface area contributed by atoms with Crippen LogP contribution in [0.3, 0.4) is 0 Å². The number of carbonyl (C=O) groups excluding carboxylic acids is 2. The number of nitrogens with one attached hydrogen (secondary N) is 1. The topological polar surface area (TPSA) is 201 Å². The molecule has 0 bridgehead atoms. The minimum absolute atomic E-state index is 0.0935. The average molecular weight is 758 g/mol. The molecule has 1 aliphatic heterocycles. The van der Waals surface area contributed by atoms with Gasteiger partial charge >= 0.3 is 17.9 Å². The molecule has 4 aromatic rings. The molecule has 0 radical (unpaired) electrons. The normalized spacial score (nSPS) is 13.5. The smallest absolute Gasteiger partial charge is 0.336 e. The van der Waals surface area contributed by atoms with Crippen molar-refractivity contribution in [3.8, 4) is 11.1 Å². The highest BCUT2D eigenvalue weighted by atomic mass is 19.1. The molecule has 0 saturated carbocycles. The van der Waals surface area contributed by atoms with Gasteiger partial charge in [0.2, 0.25) is 5.91 Å². The number of aliphatic hydroxyl groups is 1. The number of carboxylic acids is 3. The van der Waals surface area contributed by atoms with Gasteiger partial charge in [-0.1, -0.05) is 54.6 Å². The van der Waals surface area contributed by atoms with Crippen LogP contribution >= 0.6 is 0 Å². The minimum atomic E-state index is -2.74. The van der Waals surface area contributed by atoms with Crippen LogP contribution in [0.2, 0.25) is 0 Å². The third-order valence-corrected chi connectivity index (χ3v) is 9.08. The summed E-state index contributed by atoms with van der Waals surface area (Å²) in [4.78, 5) is 67.4. The van der Waals surface area contributed by atoms with E-state index < -0.39 is 42.2 Å². The van der Waals surface area contributed by atoms with Gasteiger partial charge in [-0.3, -0.25) is 29.1 Å². The van der Waals surface area contributed by atoms with Crippen LogP contribution in [0.15, 0.2) is 97.3 Å². The van der Waals surface area contributed by atoms with Crippen LogP contribution in [0, 0.1) is 5.82 Å². The number of aliphatic carboxylic acids is 3. The number of pyridine rings is 1. The quantitative estimate of drug-likeness (QED) is 0.120. The van der Waals surface area contributed by atoms with E-state index >= 15 is 4.39 Å². The van der Waals surface area contributed by atoms with E-state index in [1.54, 1.807) is 36.7 Å². The number of hydrogen-bond acceptors (Lipinski definition) is 9. The molecule has 2 amide bonds. The van der Waals surface area contributed by atoms with Gasteiger partial charge in [0.05, 0.1) is 18.5 Å². The second-order valence-electron chi connectivity index (χ2n) is 12.7. The molecule has 15 heteroatoms. The fourth-order valence-electron chi connectivity index (χ4n) is 6.28. The van der Waals surface area contributed by atoms with Gasteiger partial charge in [-0.15, -0.1) is 0 Å². The molecule has 1 unspecified atom stereocenters. The number of likely N-dealkylation sites (N-methyl/N-ethyl adjacent to an activating group) is 1. The Morgan fingerprint density at radius 1 is 0.836 bits per heavy atom. The zero-order valence-electron chi connectivity index (χ0n) is 30.5. The first kappa shape index (κ1) is 41.6. The Hall–Kier alpha value is -6.19. The van der Waals surface area contributed by atoms with Crippen molar-refractivity contribution in [2.45, 2.75) is 38.3 Å². The van der Waals surface area contributed by atoms with Gasteiger partial charge in [-0.05, 0) is 55.3 Å². The van der Waals surface area contributed by atoms with Crippen LogP contribution < -0.4 is 10.2 Å². The maximum Gasteiger partial charge on any atom is 0.336 e. The van der Waals surface area contributed by atoms with Gasteiger partial charge in [0, 0.05) is 68.5 Å². The van der Waals surface area contributed by atoms with E-state index in [1.165, 1.54) is 6.07 Å². The number of carbonyl (C=O) groups is 5. The maximum absolute atomic E-state index is 15.4. The molecule has 1 atom stereocenters. The fourth-order valence-corrected chi connectivity index (χ4v) is 6.28. The molecule has 5 N–H and O–H groups in total. The van der Waals surface area contributed by atoms with Crippen molar-refractivity contribution >= 4 is 41.1 Å². The number of hydrogen-bond donors (Lipinski definition) is 5. The highest BCUT2D eigenvalue weighted by Crippen LogP contribution is 2.30. The number of halogens is 1. The summed E-state index contributed by atoms with van der Waals surface area (Å²) in [5.74, 6) is -5.65. The molecule has 55 heavy (non-hydrogen) atoms. The van der Waals surface area contributed by atoms with Gasteiger partial charge in [0.1, 0.15) is 11.9 Å². The number of rotatable bonds is 14. The molecule has 1 aromatic heterocycles.